The number of nitrogens with zero attached hydrogens (tertiary/aromatic N) is 7. The average molecular weight is 982 g/mol. The zero-order valence-electron chi connectivity index (χ0n) is 38.2. The number of methoxy groups -OCH3 is 3. The molecular formula is C47H51N9O9S3. The second-order valence-corrected chi connectivity index (χ2v) is 21.9. The molecule has 5 aromatic carbocycles. The lowest BCUT2D eigenvalue weighted by atomic mass is 9.83. The Morgan fingerprint density at radius 1 is 0.838 bits per heavy atom. The summed E-state index contributed by atoms with van der Waals surface area (Å²) in [5.41, 5.74) is 8.45. The smallest absolute Gasteiger partial charge is 0.407 e. The summed E-state index contributed by atoms with van der Waals surface area (Å²) in [6, 6.07) is 27.3. The van der Waals surface area contributed by atoms with Gasteiger partial charge >= 0.3 is 6.09 Å². The molecule has 1 amide bonds. The van der Waals surface area contributed by atoms with Crippen molar-refractivity contribution in [1.82, 2.24) is 39.1 Å². The van der Waals surface area contributed by atoms with Gasteiger partial charge in [0.1, 0.15) is 27.0 Å². The molecule has 0 spiro atoms. The zero-order chi connectivity index (χ0) is 48.5. The van der Waals surface area contributed by atoms with Crippen LogP contribution in [0, 0.1) is 5.41 Å². The highest BCUT2D eigenvalue weighted by Crippen LogP contribution is 2.43. The van der Waals surface area contributed by atoms with E-state index in [9.17, 15) is 9.90 Å². The fourth-order valence-electron chi connectivity index (χ4n) is 8.60. The Kier molecular flexibility index (Phi) is 13.5. The molecule has 0 aliphatic carbocycles. The van der Waals surface area contributed by atoms with E-state index in [1.807, 2.05) is 32.9 Å². The van der Waals surface area contributed by atoms with Crippen LogP contribution in [0.2, 0.25) is 0 Å². The summed E-state index contributed by atoms with van der Waals surface area (Å²) in [4.78, 5) is 18.3. The second kappa shape index (κ2) is 19.2. The molecule has 7 aromatic rings. The van der Waals surface area contributed by atoms with Crippen molar-refractivity contribution in [3.05, 3.63) is 120 Å². The van der Waals surface area contributed by atoms with Gasteiger partial charge in [-0.2, -0.15) is 9.10 Å². The van der Waals surface area contributed by atoms with E-state index in [1.165, 1.54) is 51.7 Å². The molecule has 2 atom stereocenters. The highest BCUT2D eigenvalue weighted by Gasteiger charge is 2.47. The van der Waals surface area contributed by atoms with Crippen LogP contribution in [0.1, 0.15) is 43.9 Å². The number of tetrazole rings is 1. The van der Waals surface area contributed by atoms with Crippen LogP contribution in [-0.2, 0) is 39.7 Å². The number of likely N-dealkylation sites (tertiary alicyclic amines) is 1. The van der Waals surface area contributed by atoms with E-state index in [2.05, 4.69) is 20.0 Å². The molecule has 1 saturated heterocycles. The van der Waals surface area contributed by atoms with Crippen molar-refractivity contribution in [1.29, 1.82) is 0 Å². The first kappa shape index (κ1) is 47.8. The molecule has 0 saturated carbocycles. The van der Waals surface area contributed by atoms with Crippen LogP contribution in [0.15, 0.2) is 113 Å². The van der Waals surface area contributed by atoms with Crippen LogP contribution >= 0.6 is 11.3 Å². The van der Waals surface area contributed by atoms with Gasteiger partial charge in [-0.3, -0.25) is 0 Å². The molecule has 2 aromatic heterocycles. The number of aromatic nitrogens is 5. The molecule has 1 aliphatic heterocycles. The quantitative estimate of drug-likeness (QED) is 0.0876. The summed E-state index contributed by atoms with van der Waals surface area (Å²) in [6.07, 6.45) is -1.06. The molecular weight excluding hydrogens is 931 g/mol. The Labute approximate surface area is 398 Å². The first-order valence-electron chi connectivity index (χ1n) is 21.4. The van der Waals surface area contributed by atoms with Gasteiger partial charge in [-0.25, -0.2) is 31.3 Å². The van der Waals surface area contributed by atoms with Crippen molar-refractivity contribution in [2.45, 2.75) is 68.7 Å². The summed E-state index contributed by atoms with van der Waals surface area (Å²) in [6.45, 7) is 5.24. The predicted octanol–water partition coefficient (Wildman–Crippen LogP) is 7.11. The number of nitrogen functional groups attached to an aromatic ring is 1. The third-order valence-electron chi connectivity index (χ3n) is 11.8. The zero-order valence-corrected chi connectivity index (χ0v) is 40.6. The van der Waals surface area contributed by atoms with Gasteiger partial charge in [0.2, 0.25) is 25.9 Å². The Bertz CT molecular complexity index is 3130. The molecule has 356 valence electrons. The Hall–Kier alpha value is -6.65. The molecule has 2 unspecified atom stereocenters. The maximum atomic E-state index is 16.2. The Balaban J connectivity index is 1.38. The van der Waals surface area contributed by atoms with E-state index in [1.54, 1.807) is 86.0 Å². The first-order valence-corrected chi connectivity index (χ1v) is 25.1. The maximum absolute atomic E-state index is 16.2. The molecule has 21 heteroatoms. The van der Waals surface area contributed by atoms with Crippen LogP contribution in [0.5, 0.6) is 17.2 Å². The van der Waals surface area contributed by atoms with E-state index in [0.29, 0.717) is 44.6 Å². The van der Waals surface area contributed by atoms with Gasteiger partial charge in [0, 0.05) is 25.7 Å². The molecule has 0 radical (unpaired) electrons. The van der Waals surface area contributed by atoms with Crippen molar-refractivity contribution in [2.75, 3.05) is 33.6 Å². The molecule has 3 heterocycles. The minimum Gasteiger partial charge on any atom is -0.497 e. The third kappa shape index (κ3) is 9.97. The number of hydrogen-bond acceptors (Lipinski definition) is 14. The molecule has 18 nitrogen and oxygen atoms in total. The van der Waals surface area contributed by atoms with E-state index < -0.39 is 53.4 Å². The number of carboxylic acid groups (broad SMARTS) is 1. The number of benzene rings is 5. The van der Waals surface area contributed by atoms with Crippen LogP contribution in [-0.4, -0.2) is 102 Å². The normalized spacial score (nSPS) is 15.5. The van der Waals surface area contributed by atoms with Crippen LogP contribution < -0.4 is 24.7 Å². The summed E-state index contributed by atoms with van der Waals surface area (Å²) >= 11 is 1.28. The highest BCUT2D eigenvalue weighted by atomic mass is 32.2. The fourth-order valence-corrected chi connectivity index (χ4v) is 13.0. The SMILES string of the molecule is COc1ccc(CN(Cc2ccc(OC)cc2)S(=O)(=O)c2c(S(=O)(=O)NC3CCN(C(=O)O)C3C(C)(C)C)ccc(-c3ccc4sc(N)nc4c3)c2-c2nnn(Cc3ccc(OC)cc3)n2)cc1. The molecule has 1 fully saturated rings. The van der Waals surface area contributed by atoms with Crippen molar-refractivity contribution in [3.8, 4) is 39.8 Å². The number of ether oxygens (including phenoxy) is 3. The van der Waals surface area contributed by atoms with Crippen LogP contribution in [0.4, 0.5) is 9.93 Å². The lowest BCUT2D eigenvalue weighted by Gasteiger charge is -2.37. The molecule has 1 aliphatic rings. The second-order valence-electron chi connectivity index (χ2n) is 17.3. The number of fused-ring (bicyclic) bond motifs is 1. The first-order chi connectivity index (χ1) is 32.4. The third-order valence-corrected chi connectivity index (χ3v) is 16.2. The monoisotopic (exact) mass is 981 g/mol. The fraction of sp³-hybridized carbons (Fsp3) is 0.298. The minimum absolute atomic E-state index is 0.0577. The summed E-state index contributed by atoms with van der Waals surface area (Å²) in [7, 11) is -5.19. The minimum atomic E-state index is -4.96. The lowest BCUT2D eigenvalue weighted by molar-refractivity contribution is 0.0999. The largest absolute Gasteiger partial charge is 0.497 e. The Morgan fingerprint density at radius 2 is 1.41 bits per heavy atom. The number of thiazole rings is 1. The maximum Gasteiger partial charge on any atom is 0.407 e. The van der Waals surface area contributed by atoms with Gasteiger partial charge in [-0.15, -0.1) is 10.2 Å². The van der Waals surface area contributed by atoms with Gasteiger partial charge < -0.3 is 30.0 Å². The van der Waals surface area contributed by atoms with E-state index >= 15 is 16.8 Å². The van der Waals surface area contributed by atoms with Crippen LogP contribution in [0.3, 0.4) is 0 Å². The van der Waals surface area contributed by atoms with Gasteiger partial charge in [-0.05, 0) is 99.5 Å². The van der Waals surface area contributed by atoms with E-state index in [0.717, 1.165) is 10.3 Å². The average Bonchev–Trinajstić information content (AvgIpc) is 4.06. The number of sulfonamides is 2. The van der Waals surface area contributed by atoms with Crippen molar-refractivity contribution < 1.29 is 40.9 Å². The van der Waals surface area contributed by atoms with Gasteiger partial charge in [0.25, 0.3) is 0 Å². The highest BCUT2D eigenvalue weighted by molar-refractivity contribution is 7.92. The Morgan fingerprint density at radius 3 is 1.96 bits per heavy atom. The van der Waals surface area contributed by atoms with Crippen LogP contribution in [0.25, 0.3) is 32.7 Å². The van der Waals surface area contributed by atoms with E-state index in [-0.39, 0.29) is 49.6 Å². The molecule has 8 rings (SSSR count). The van der Waals surface area contributed by atoms with Crippen molar-refractivity contribution in [3.63, 3.8) is 0 Å². The number of nitrogens with two attached hydrogens (primary N) is 1. The van der Waals surface area contributed by atoms with E-state index in [4.69, 9.17) is 25.0 Å². The predicted molar refractivity (Wildman–Crippen MR) is 257 cm³/mol. The molecule has 68 heavy (non-hydrogen) atoms. The number of carbonyl (C=O) groups is 1. The number of amides is 1. The standard InChI is InChI=1S/C47H51N9O9S3/c1-47(2,3)43-37(23-24-55(43)46(57)58)52-67(59,60)40-22-20-36(32-13-21-39-38(25-32)49-45(48)66-39)41(44-50-53-56(51-44)28-31-11-18-35(65-6)19-12-31)42(40)68(61,62)54(26-29-7-14-33(63-4)15-8-29)27-30-9-16-34(64-5)17-10-30/h7-22,25,37,43,52H,23-24,26-28H2,1-6H3,(H2,48,49)(H,57,58). The summed E-state index contributed by atoms with van der Waals surface area (Å²) < 4.78 is 83.8. The lowest BCUT2D eigenvalue weighted by Crippen LogP contribution is -2.52. The van der Waals surface area contributed by atoms with Gasteiger partial charge in [0.05, 0.1) is 49.7 Å². The molecule has 0 bridgehead atoms. The van der Waals surface area contributed by atoms with Crippen molar-refractivity contribution >= 4 is 52.8 Å². The van der Waals surface area contributed by atoms with Crippen molar-refractivity contribution in [2.24, 2.45) is 5.41 Å². The number of anilines is 1. The van der Waals surface area contributed by atoms with Gasteiger partial charge in [-0.1, -0.05) is 80.6 Å². The topological polar surface area (TPSA) is 234 Å². The number of nitrogens with one attached hydrogen (secondary N) is 1. The number of rotatable bonds is 16. The summed E-state index contributed by atoms with van der Waals surface area (Å²) in [5.74, 6) is 1.57. The van der Waals surface area contributed by atoms with Gasteiger partial charge in [0.15, 0.2) is 5.13 Å². The summed E-state index contributed by atoms with van der Waals surface area (Å²) in [5, 5.41) is 24.0. The number of hydrogen-bond donors (Lipinski definition) is 3. The molecule has 4 N–H and O–H groups in total.